The van der Waals surface area contributed by atoms with Gasteiger partial charge in [0.15, 0.2) is 0 Å². The molecule has 0 heterocycles. The molecule has 0 saturated carbocycles. The van der Waals surface area contributed by atoms with Crippen molar-refractivity contribution in [2.24, 2.45) is 0 Å². The lowest BCUT2D eigenvalue weighted by Gasteiger charge is -2.09. The summed E-state index contributed by atoms with van der Waals surface area (Å²) in [5, 5.41) is 2.52. The molecule has 1 N–H and O–H groups in total. The molecule has 0 fully saturated rings. The second-order valence-electron chi connectivity index (χ2n) is 3.31. The largest absolute Gasteiger partial charge is 0.390 e. The van der Waals surface area contributed by atoms with Crippen LogP contribution in [0.4, 0.5) is 23.2 Å². The zero-order valence-corrected chi connectivity index (χ0v) is 8.16. The fourth-order valence-corrected chi connectivity index (χ4v) is 1.19. The van der Waals surface area contributed by atoms with E-state index in [4.69, 9.17) is 0 Å². The third-order valence-corrected chi connectivity index (χ3v) is 1.78. The first-order valence-corrected chi connectivity index (χ1v) is 4.45. The van der Waals surface area contributed by atoms with Gasteiger partial charge in [-0.15, -0.1) is 0 Å². The van der Waals surface area contributed by atoms with Gasteiger partial charge in [0.25, 0.3) is 0 Å². The maximum atomic E-state index is 12.8. The summed E-state index contributed by atoms with van der Waals surface area (Å²) in [5.74, 6) is -0.454. The third kappa shape index (κ3) is 4.67. The Labute approximate surface area is 85.1 Å². The van der Waals surface area contributed by atoms with Crippen LogP contribution < -0.4 is 5.32 Å². The number of hydrogen-bond acceptors (Lipinski definition) is 1. The summed E-state index contributed by atoms with van der Waals surface area (Å²) >= 11 is 0. The Balaban J connectivity index is 2.51. The zero-order chi connectivity index (χ0) is 11.5. The van der Waals surface area contributed by atoms with E-state index in [2.05, 4.69) is 5.32 Å². The van der Waals surface area contributed by atoms with Crippen LogP contribution >= 0.6 is 0 Å². The average Bonchev–Trinajstić information content (AvgIpc) is 1.99. The van der Waals surface area contributed by atoms with Crippen LogP contribution in [-0.2, 0) is 0 Å². The lowest BCUT2D eigenvalue weighted by atomic mass is 10.2. The van der Waals surface area contributed by atoms with Crippen molar-refractivity contribution in [2.45, 2.75) is 19.5 Å². The molecule has 1 nitrogen and oxygen atoms in total. The van der Waals surface area contributed by atoms with Gasteiger partial charge in [-0.2, -0.15) is 13.2 Å². The van der Waals surface area contributed by atoms with Gasteiger partial charge in [0.2, 0.25) is 0 Å². The Morgan fingerprint density at radius 1 is 1.20 bits per heavy atom. The van der Waals surface area contributed by atoms with Crippen LogP contribution in [-0.4, -0.2) is 12.7 Å². The Morgan fingerprint density at radius 2 is 1.87 bits per heavy atom. The molecule has 0 aromatic heterocycles. The highest BCUT2D eigenvalue weighted by Gasteiger charge is 2.26. The summed E-state index contributed by atoms with van der Waals surface area (Å²) in [7, 11) is 0. The van der Waals surface area contributed by atoms with Crippen molar-refractivity contribution in [1.82, 2.24) is 0 Å². The monoisotopic (exact) mass is 221 g/mol. The van der Waals surface area contributed by atoms with Crippen LogP contribution in [0.3, 0.4) is 0 Å². The fraction of sp³-hybridized carbons (Fsp3) is 0.400. The van der Waals surface area contributed by atoms with Gasteiger partial charge in [-0.05, 0) is 30.7 Å². The van der Waals surface area contributed by atoms with Crippen molar-refractivity contribution in [2.75, 3.05) is 11.9 Å². The van der Waals surface area contributed by atoms with Gasteiger partial charge in [-0.25, -0.2) is 4.39 Å². The highest BCUT2D eigenvalue weighted by molar-refractivity contribution is 5.45. The van der Waals surface area contributed by atoms with Gasteiger partial charge in [0.05, 0.1) is 6.42 Å². The summed E-state index contributed by atoms with van der Waals surface area (Å²) in [6.45, 7) is 1.43. The molecule has 1 aromatic carbocycles. The number of nitrogens with one attached hydrogen (secondary N) is 1. The van der Waals surface area contributed by atoms with E-state index in [-0.39, 0.29) is 6.54 Å². The van der Waals surface area contributed by atoms with Crippen molar-refractivity contribution in [1.29, 1.82) is 0 Å². The Hall–Kier alpha value is -1.26. The van der Waals surface area contributed by atoms with Crippen molar-refractivity contribution >= 4 is 5.69 Å². The number of anilines is 1. The molecule has 0 radical (unpaired) electrons. The minimum atomic E-state index is -4.19. The standard InChI is InChI=1S/C10H11F4N/c1-7-4-8(11)6-9(5-7)15-3-2-10(12,13)14/h4-6,15H,2-3H2,1H3. The van der Waals surface area contributed by atoms with Crippen LogP contribution in [0.15, 0.2) is 18.2 Å². The van der Waals surface area contributed by atoms with Crippen molar-refractivity contribution in [3.05, 3.63) is 29.6 Å². The average molecular weight is 221 g/mol. The quantitative estimate of drug-likeness (QED) is 0.770. The zero-order valence-electron chi connectivity index (χ0n) is 8.16. The summed E-state index contributed by atoms with van der Waals surface area (Å²) in [5.41, 5.74) is 1.04. The normalized spacial score (nSPS) is 11.5. The van der Waals surface area contributed by atoms with Crippen molar-refractivity contribution in [3.63, 3.8) is 0 Å². The molecule has 5 heteroatoms. The highest BCUT2D eigenvalue weighted by atomic mass is 19.4. The van der Waals surface area contributed by atoms with Gasteiger partial charge in [0, 0.05) is 12.2 Å². The van der Waals surface area contributed by atoms with Gasteiger partial charge in [-0.1, -0.05) is 0 Å². The Kier molecular flexibility index (Phi) is 3.55. The molecule has 0 unspecified atom stereocenters. The molecule has 0 saturated heterocycles. The molecular formula is C10H11F4N. The van der Waals surface area contributed by atoms with E-state index in [0.29, 0.717) is 11.3 Å². The molecule has 0 amide bonds. The highest BCUT2D eigenvalue weighted by Crippen LogP contribution is 2.20. The third-order valence-electron chi connectivity index (χ3n) is 1.78. The summed E-state index contributed by atoms with van der Waals surface area (Å²) in [4.78, 5) is 0. The minimum Gasteiger partial charge on any atom is -0.385 e. The molecule has 84 valence electrons. The first-order chi connectivity index (χ1) is 6.87. The molecule has 0 aliphatic carbocycles. The molecule has 1 rings (SSSR count). The molecule has 0 aliphatic heterocycles. The van der Waals surface area contributed by atoms with E-state index >= 15 is 0 Å². The van der Waals surface area contributed by atoms with E-state index in [1.807, 2.05) is 0 Å². The lowest BCUT2D eigenvalue weighted by molar-refractivity contribution is -0.131. The second-order valence-corrected chi connectivity index (χ2v) is 3.31. The molecular weight excluding hydrogens is 210 g/mol. The predicted molar refractivity (Wildman–Crippen MR) is 50.3 cm³/mol. The maximum absolute atomic E-state index is 12.8. The number of hydrogen-bond donors (Lipinski definition) is 1. The minimum absolute atomic E-state index is 0.244. The van der Waals surface area contributed by atoms with Crippen LogP contribution in [0.1, 0.15) is 12.0 Å². The Bertz CT molecular complexity index is 312. The predicted octanol–water partition coefficient (Wildman–Crippen LogP) is 3.50. The first-order valence-electron chi connectivity index (χ1n) is 4.45. The summed E-state index contributed by atoms with van der Waals surface area (Å²) < 4.78 is 48.2. The molecule has 0 aliphatic rings. The molecule has 1 aromatic rings. The number of halogens is 4. The van der Waals surface area contributed by atoms with Gasteiger partial charge in [-0.3, -0.25) is 0 Å². The fourth-order valence-electron chi connectivity index (χ4n) is 1.19. The number of alkyl halides is 3. The lowest BCUT2D eigenvalue weighted by Crippen LogP contribution is -2.14. The summed E-state index contributed by atoms with van der Waals surface area (Å²) in [6, 6.07) is 4.08. The van der Waals surface area contributed by atoms with Crippen molar-refractivity contribution in [3.8, 4) is 0 Å². The van der Waals surface area contributed by atoms with Crippen LogP contribution in [0, 0.1) is 12.7 Å². The first kappa shape index (κ1) is 11.8. The Morgan fingerprint density at radius 3 is 2.40 bits per heavy atom. The van der Waals surface area contributed by atoms with Crippen molar-refractivity contribution < 1.29 is 17.6 Å². The van der Waals surface area contributed by atoms with Crippen LogP contribution in [0.2, 0.25) is 0 Å². The molecule has 0 atom stereocenters. The van der Waals surface area contributed by atoms with Gasteiger partial charge >= 0.3 is 6.18 Å². The maximum Gasteiger partial charge on any atom is 0.390 e. The molecule has 0 bridgehead atoms. The SMILES string of the molecule is Cc1cc(F)cc(NCCC(F)(F)F)c1. The van der Waals surface area contributed by atoms with Gasteiger partial charge in [0.1, 0.15) is 5.82 Å². The van der Waals surface area contributed by atoms with Gasteiger partial charge < -0.3 is 5.32 Å². The number of benzene rings is 1. The number of aryl methyl sites for hydroxylation is 1. The molecule has 0 spiro atoms. The summed E-state index contributed by atoms with van der Waals surface area (Å²) in [6.07, 6.45) is -5.11. The van der Waals surface area contributed by atoms with E-state index in [0.717, 1.165) is 0 Å². The van der Waals surface area contributed by atoms with Crippen LogP contribution in [0.5, 0.6) is 0 Å². The van der Waals surface area contributed by atoms with E-state index in [1.54, 1.807) is 13.0 Å². The second kappa shape index (κ2) is 4.51. The van der Waals surface area contributed by atoms with Crippen LogP contribution in [0.25, 0.3) is 0 Å². The van der Waals surface area contributed by atoms with E-state index < -0.39 is 18.4 Å². The topological polar surface area (TPSA) is 12.0 Å². The van der Waals surface area contributed by atoms with E-state index in [1.165, 1.54) is 12.1 Å². The number of rotatable bonds is 3. The smallest absolute Gasteiger partial charge is 0.385 e. The van der Waals surface area contributed by atoms with E-state index in [9.17, 15) is 17.6 Å². The molecule has 15 heavy (non-hydrogen) atoms.